The molecule has 0 amide bonds. The summed E-state index contributed by atoms with van der Waals surface area (Å²) in [5.41, 5.74) is 0. The first-order chi connectivity index (χ1) is 4.86. The van der Waals surface area contributed by atoms with Crippen LogP contribution >= 0.6 is 0 Å². The number of fused-ring (bicyclic) bond motifs is 2. The van der Waals surface area contributed by atoms with Gasteiger partial charge in [-0.05, 0) is 31.1 Å². The Morgan fingerprint density at radius 1 is 1.10 bits per heavy atom. The largest absolute Gasteiger partial charge is 0.335 e. The van der Waals surface area contributed by atoms with E-state index in [9.17, 15) is 0 Å². The fourth-order valence-electron chi connectivity index (χ4n) is 1.72. The maximum absolute atomic E-state index is 8.29. The molecule has 0 aromatic heterocycles. The molecule has 56 valence electrons. The maximum Gasteiger partial charge on any atom is 0.335 e. The van der Waals surface area contributed by atoms with E-state index in [-0.39, 0.29) is 0 Å². The van der Waals surface area contributed by atoms with E-state index >= 15 is 0 Å². The number of rotatable bonds is 0. The highest BCUT2D eigenvalue weighted by molar-refractivity contribution is 7.51. The lowest BCUT2D eigenvalue weighted by molar-refractivity contribution is 0.630. The first-order valence-corrected chi connectivity index (χ1v) is 4.13. The quantitative estimate of drug-likeness (QED) is 0.498. The Hall–Kier alpha value is -0.440. The predicted octanol–water partition coefficient (Wildman–Crippen LogP) is 1.30. The second-order valence-corrected chi connectivity index (χ2v) is 2.92. The van der Waals surface area contributed by atoms with E-state index in [0.29, 0.717) is 0 Å². The lowest BCUT2D eigenvalue weighted by atomic mass is 10.1. The highest BCUT2D eigenvalue weighted by Crippen LogP contribution is 2.38. The Balaban J connectivity index is 0.000000148. The molecule has 0 spiro atoms. The zero-order valence-electron chi connectivity index (χ0n) is 5.66. The third kappa shape index (κ3) is 1.77. The van der Waals surface area contributed by atoms with Crippen LogP contribution in [0.5, 0.6) is 0 Å². The summed E-state index contributed by atoms with van der Waals surface area (Å²) in [6, 6.07) is 0. The molecule has 10 heavy (non-hydrogen) atoms. The molecule has 2 atom stereocenters. The van der Waals surface area contributed by atoms with Crippen LogP contribution in [0.1, 0.15) is 19.3 Å². The monoisotopic (exact) mass is 158 g/mol. The molecule has 2 nitrogen and oxygen atoms in total. The van der Waals surface area contributed by atoms with Gasteiger partial charge in [0.15, 0.2) is 0 Å². The third-order valence-corrected chi connectivity index (χ3v) is 2.17. The van der Waals surface area contributed by atoms with Gasteiger partial charge in [0.05, 0.1) is 0 Å². The van der Waals surface area contributed by atoms with Gasteiger partial charge >= 0.3 is 11.6 Å². The van der Waals surface area contributed by atoms with Crippen LogP contribution in [0.3, 0.4) is 0 Å². The van der Waals surface area contributed by atoms with E-state index in [1.165, 1.54) is 19.3 Å². The van der Waals surface area contributed by atoms with Crippen LogP contribution in [0, 0.1) is 11.8 Å². The van der Waals surface area contributed by atoms with Crippen LogP contribution in [0.25, 0.3) is 0 Å². The Bertz CT molecular complexity index is 158. The average Bonchev–Trinajstić information content (AvgIpc) is 2.49. The minimum atomic E-state index is -0.750. The van der Waals surface area contributed by atoms with Crippen molar-refractivity contribution in [2.45, 2.75) is 19.3 Å². The molecule has 0 N–H and O–H groups in total. The van der Waals surface area contributed by atoms with Crippen molar-refractivity contribution in [1.29, 1.82) is 0 Å². The molecule has 0 saturated heterocycles. The third-order valence-electron chi connectivity index (χ3n) is 2.17. The van der Waals surface area contributed by atoms with Crippen molar-refractivity contribution in [3.63, 3.8) is 0 Å². The van der Waals surface area contributed by atoms with Crippen molar-refractivity contribution in [2.24, 2.45) is 11.8 Å². The second kappa shape index (κ2) is 3.66. The summed E-state index contributed by atoms with van der Waals surface area (Å²) in [5.74, 6) is 1.98. The van der Waals surface area contributed by atoms with Gasteiger partial charge in [-0.25, -0.2) is 0 Å². The Kier molecular flexibility index (Phi) is 2.81. The Morgan fingerprint density at radius 2 is 1.50 bits per heavy atom. The van der Waals surface area contributed by atoms with Crippen molar-refractivity contribution in [3.05, 3.63) is 12.2 Å². The maximum atomic E-state index is 8.29. The Morgan fingerprint density at radius 3 is 1.60 bits per heavy atom. The molecule has 0 heterocycles. The molecule has 2 bridgehead atoms. The van der Waals surface area contributed by atoms with Crippen molar-refractivity contribution >= 4 is 11.6 Å². The van der Waals surface area contributed by atoms with Crippen LogP contribution in [0.15, 0.2) is 12.2 Å². The van der Waals surface area contributed by atoms with E-state index in [1.807, 2.05) is 0 Å². The van der Waals surface area contributed by atoms with Crippen LogP contribution in [0.4, 0.5) is 0 Å². The van der Waals surface area contributed by atoms with Crippen LogP contribution in [-0.2, 0) is 11.6 Å². The molecule has 2 aliphatic carbocycles. The normalized spacial score (nSPS) is 33.2. The molecular formula is C7H10O2S. The van der Waals surface area contributed by atoms with Crippen LogP contribution in [-0.4, -0.2) is 8.42 Å². The second-order valence-electron chi connectivity index (χ2n) is 2.79. The van der Waals surface area contributed by atoms with Gasteiger partial charge in [-0.2, -0.15) is 8.42 Å². The summed E-state index contributed by atoms with van der Waals surface area (Å²) in [6.07, 6.45) is 9.19. The highest BCUT2D eigenvalue weighted by Gasteiger charge is 2.25. The molecular weight excluding hydrogens is 148 g/mol. The standard InChI is InChI=1S/C7H10.O2S/c1-2-7-4-3-6(1)5-7;1-3-2/h1-2,6-7H,3-5H2;. The van der Waals surface area contributed by atoms with Crippen molar-refractivity contribution < 1.29 is 8.42 Å². The first kappa shape index (κ1) is 7.66. The van der Waals surface area contributed by atoms with Gasteiger partial charge in [0, 0.05) is 0 Å². The summed E-state index contributed by atoms with van der Waals surface area (Å²) in [6.45, 7) is 0. The van der Waals surface area contributed by atoms with Crippen LogP contribution in [0.2, 0.25) is 0 Å². The number of hydrogen-bond acceptors (Lipinski definition) is 2. The zero-order valence-corrected chi connectivity index (χ0v) is 6.47. The summed E-state index contributed by atoms with van der Waals surface area (Å²) in [5, 5.41) is 0. The lowest BCUT2D eigenvalue weighted by Crippen LogP contribution is -1.82. The van der Waals surface area contributed by atoms with Gasteiger partial charge in [-0.1, -0.05) is 12.2 Å². The molecule has 2 aliphatic rings. The smallest absolute Gasteiger partial charge is 0.168 e. The molecule has 2 unspecified atom stereocenters. The summed E-state index contributed by atoms with van der Waals surface area (Å²) < 4.78 is 16.6. The van der Waals surface area contributed by atoms with Gasteiger partial charge in [0.2, 0.25) is 0 Å². The summed E-state index contributed by atoms with van der Waals surface area (Å²) in [7, 11) is 0. The summed E-state index contributed by atoms with van der Waals surface area (Å²) >= 11 is -0.750. The minimum absolute atomic E-state index is 0.750. The molecule has 1 fully saturated rings. The molecule has 0 aliphatic heterocycles. The van der Waals surface area contributed by atoms with Gasteiger partial charge in [0.25, 0.3) is 0 Å². The molecule has 0 aromatic carbocycles. The molecule has 3 heteroatoms. The lowest BCUT2D eigenvalue weighted by Gasteiger charge is -1.96. The minimum Gasteiger partial charge on any atom is -0.168 e. The predicted molar refractivity (Wildman–Crippen MR) is 38.9 cm³/mol. The van der Waals surface area contributed by atoms with Crippen LogP contribution < -0.4 is 0 Å². The fourth-order valence-corrected chi connectivity index (χ4v) is 1.72. The Labute approximate surface area is 63.9 Å². The average molecular weight is 158 g/mol. The van der Waals surface area contributed by atoms with E-state index in [1.54, 1.807) is 0 Å². The van der Waals surface area contributed by atoms with Crippen molar-refractivity contribution in [3.8, 4) is 0 Å². The van der Waals surface area contributed by atoms with Gasteiger partial charge in [-0.15, -0.1) is 0 Å². The number of hydrogen-bond donors (Lipinski definition) is 0. The van der Waals surface area contributed by atoms with Crippen molar-refractivity contribution in [1.82, 2.24) is 0 Å². The SMILES string of the molecule is C1=CC2CCC1C2.O=S=O. The molecule has 1 saturated carbocycles. The number of allylic oxidation sites excluding steroid dienone is 2. The van der Waals surface area contributed by atoms with Crippen molar-refractivity contribution in [2.75, 3.05) is 0 Å². The van der Waals surface area contributed by atoms with Gasteiger partial charge in [0.1, 0.15) is 0 Å². The first-order valence-electron chi connectivity index (χ1n) is 3.47. The molecule has 2 rings (SSSR count). The van der Waals surface area contributed by atoms with Gasteiger partial charge < -0.3 is 0 Å². The molecule has 0 aromatic rings. The zero-order chi connectivity index (χ0) is 7.40. The fraction of sp³-hybridized carbons (Fsp3) is 0.714. The summed E-state index contributed by atoms with van der Waals surface area (Å²) in [4.78, 5) is 0. The van der Waals surface area contributed by atoms with Gasteiger partial charge in [-0.3, -0.25) is 0 Å². The topological polar surface area (TPSA) is 34.1 Å². The highest BCUT2D eigenvalue weighted by atomic mass is 32.1. The van der Waals surface area contributed by atoms with E-state index in [0.717, 1.165) is 11.8 Å². The molecule has 0 radical (unpaired) electrons. The van der Waals surface area contributed by atoms with E-state index < -0.39 is 11.6 Å². The van der Waals surface area contributed by atoms with E-state index in [2.05, 4.69) is 12.2 Å². The van der Waals surface area contributed by atoms with E-state index in [4.69, 9.17) is 8.42 Å².